The highest BCUT2D eigenvalue weighted by molar-refractivity contribution is 9.11. The second kappa shape index (κ2) is 8.52. The molecule has 0 fully saturated rings. The summed E-state index contributed by atoms with van der Waals surface area (Å²) >= 11 is 12.0. The molecule has 2 amide bonds. The Bertz CT molecular complexity index is 1020. The van der Waals surface area contributed by atoms with Crippen molar-refractivity contribution in [2.75, 3.05) is 5.32 Å². The van der Waals surface area contributed by atoms with Crippen molar-refractivity contribution < 1.29 is 14.0 Å². The topological polar surface area (TPSA) is 58.2 Å². The molecular formula is C18H13BrClFN2O2S2. The van der Waals surface area contributed by atoms with Crippen LogP contribution in [0.25, 0.3) is 0 Å². The van der Waals surface area contributed by atoms with Crippen LogP contribution < -0.4 is 10.6 Å². The van der Waals surface area contributed by atoms with Crippen molar-refractivity contribution in [1.82, 2.24) is 5.32 Å². The molecule has 0 atom stereocenters. The molecule has 4 nitrogen and oxygen atoms in total. The Morgan fingerprint density at radius 2 is 1.93 bits per heavy atom. The molecule has 0 aliphatic rings. The Balaban J connectivity index is 1.68. The molecule has 2 heterocycles. The van der Waals surface area contributed by atoms with Gasteiger partial charge in [-0.2, -0.15) is 0 Å². The van der Waals surface area contributed by atoms with E-state index in [0.29, 0.717) is 16.4 Å². The molecule has 140 valence electrons. The van der Waals surface area contributed by atoms with Crippen molar-refractivity contribution in [3.05, 3.63) is 71.9 Å². The number of amides is 2. The second-order valence-electron chi connectivity index (χ2n) is 5.59. The Morgan fingerprint density at radius 3 is 2.59 bits per heavy atom. The van der Waals surface area contributed by atoms with Crippen LogP contribution in [0, 0.1) is 12.7 Å². The zero-order valence-corrected chi connectivity index (χ0v) is 17.9. The van der Waals surface area contributed by atoms with Crippen LogP contribution in [0.2, 0.25) is 5.02 Å². The summed E-state index contributed by atoms with van der Waals surface area (Å²) in [6.07, 6.45) is 0. The van der Waals surface area contributed by atoms with E-state index >= 15 is 0 Å². The molecule has 3 rings (SSSR count). The number of anilines is 1. The summed E-state index contributed by atoms with van der Waals surface area (Å²) in [6.45, 7) is 2.23. The third-order valence-electron chi connectivity index (χ3n) is 3.59. The van der Waals surface area contributed by atoms with E-state index in [2.05, 4.69) is 26.6 Å². The van der Waals surface area contributed by atoms with Gasteiger partial charge < -0.3 is 10.6 Å². The van der Waals surface area contributed by atoms with E-state index in [1.807, 2.05) is 12.1 Å². The van der Waals surface area contributed by atoms with E-state index in [0.717, 1.165) is 20.3 Å². The van der Waals surface area contributed by atoms with Gasteiger partial charge >= 0.3 is 0 Å². The van der Waals surface area contributed by atoms with Gasteiger partial charge in [-0.05, 0) is 64.8 Å². The van der Waals surface area contributed by atoms with Gasteiger partial charge in [0.2, 0.25) is 0 Å². The highest BCUT2D eigenvalue weighted by Gasteiger charge is 2.17. The summed E-state index contributed by atoms with van der Waals surface area (Å²) in [5.74, 6) is -1.18. The minimum absolute atomic E-state index is 0.0286. The Labute approximate surface area is 176 Å². The van der Waals surface area contributed by atoms with Crippen molar-refractivity contribution in [2.24, 2.45) is 0 Å². The fourth-order valence-corrected chi connectivity index (χ4v) is 4.98. The van der Waals surface area contributed by atoms with Gasteiger partial charge in [0, 0.05) is 4.88 Å². The first-order valence-corrected chi connectivity index (χ1v) is 10.5. The number of carbonyl (C=O) groups excluding carboxylic acids is 2. The lowest BCUT2D eigenvalue weighted by Gasteiger charge is -2.04. The van der Waals surface area contributed by atoms with Gasteiger partial charge in [0.05, 0.1) is 30.8 Å². The number of nitrogens with one attached hydrogen (secondary N) is 2. The summed E-state index contributed by atoms with van der Waals surface area (Å²) in [5.41, 5.74) is 0.920. The SMILES string of the molecule is Cc1cc(NC(=O)c2ccc(F)cc2Cl)sc1C(=O)NCc1ccc(Br)s1. The number of benzene rings is 1. The molecule has 2 N–H and O–H groups in total. The number of carbonyl (C=O) groups is 2. The number of hydrogen-bond donors (Lipinski definition) is 2. The lowest BCUT2D eigenvalue weighted by molar-refractivity contribution is 0.0953. The normalized spacial score (nSPS) is 10.7. The predicted octanol–water partition coefficient (Wildman–Crippen LogP) is 5.86. The molecule has 0 radical (unpaired) electrons. The number of aryl methyl sites for hydroxylation is 1. The average Bonchev–Trinajstić information content (AvgIpc) is 3.18. The number of thiophene rings is 2. The molecule has 0 aliphatic heterocycles. The van der Waals surface area contributed by atoms with E-state index in [4.69, 9.17) is 11.6 Å². The Morgan fingerprint density at radius 1 is 1.15 bits per heavy atom. The number of halogens is 3. The van der Waals surface area contributed by atoms with Crippen LogP contribution in [0.3, 0.4) is 0 Å². The summed E-state index contributed by atoms with van der Waals surface area (Å²) in [6, 6.07) is 9.16. The van der Waals surface area contributed by atoms with Gasteiger partial charge in [0.15, 0.2) is 0 Å². The molecule has 0 spiro atoms. The zero-order chi connectivity index (χ0) is 19.6. The molecule has 27 heavy (non-hydrogen) atoms. The Kier molecular flexibility index (Phi) is 6.31. The average molecular weight is 488 g/mol. The highest BCUT2D eigenvalue weighted by atomic mass is 79.9. The van der Waals surface area contributed by atoms with E-state index in [9.17, 15) is 14.0 Å². The number of rotatable bonds is 5. The molecule has 0 aliphatic carbocycles. The highest BCUT2D eigenvalue weighted by Crippen LogP contribution is 2.28. The smallest absolute Gasteiger partial charge is 0.261 e. The first-order chi connectivity index (χ1) is 12.8. The van der Waals surface area contributed by atoms with E-state index < -0.39 is 11.7 Å². The van der Waals surface area contributed by atoms with Gasteiger partial charge in [-0.3, -0.25) is 9.59 Å². The molecule has 9 heteroatoms. The van der Waals surface area contributed by atoms with Crippen LogP contribution in [-0.2, 0) is 6.54 Å². The summed E-state index contributed by atoms with van der Waals surface area (Å²) in [7, 11) is 0. The Hall–Kier alpha value is -1.74. The van der Waals surface area contributed by atoms with E-state index in [1.54, 1.807) is 24.3 Å². The fraction of sp³-hybridized carbons (Fsp3) is 0.111. The van der Waals surface area contributed by atoms with Crippen LogP contribution >= 0.6 is 50.2 Å². The molecular weight excluding hydrogens is 475 g/mol. The van der Waals surface area contributed by atoms with Crippen LogP contribution in [0.5, 0.6) is 0 Å². The minimum atomic E-state index is -0.514. The van der Waals surface area contributed by atoms with Crippen molar-refractivity contribution in [2.45, 2.75) is 13.5 Å². The quantitative estimate of drug-likeness (QED) is 0.474. The van der Waals surface area contributed by atoms with Gasteiger partial charge in [-0.15, -0.1) is 22.7 Å². The molecule has 0 bridgehead atoms. The molecule has 0 unspecified atom stereocenters. The minimum Gasteiger partial charge on any atom is -0.346 e. The molecule has 0 saturated carbocycles. The van der Waals surface area contributed by atoms with Gasteiger partial charge in [0.1, 0.15) is 5.82 Å². The summed E-state index contributed by atoms with van der Waals surface area (Å²) < 4.78 is 14.1. The maximum atomic E-state index is 13.1. The van der Waals surface area contributed by atoms with Crippen LogP contribution in [0.4, 0.5) is 9.39 Å². The summed E-state index contributed by atoms with van der Waals surface area (Å²) in [5, 5.41) is 6.11. The second-order valence-corrected chi connectivity index (χ2v) is 9.60. The van der Waals surface area contributed by atoms with Crippen molar-refractivity contribution in [1.29, 1.82) is 0 Å². The standard InChI is InChI=1S/C18H13BrClFN2O2S2/c1-9-6-15(23-17(24)12-4-2-10(21)7-13(12)20)27-16(9)18(25)22-8-11-3-5-14(19)26-11/h2-7H,8H2,1H3,(H,22,25)(H,23,24). The van der Waals surface area contributed by atoms with Gasteiger partial charge in [-0.1, -0.05) is 11.6 Å². The van der Waals surface area contributed by atoms with E-state index in [-0.39, 0.29) is 16.5 Å². The zero-order valence-electron chi connectivity index (χ0n) is 13.9. The van der Waals surface area contributed by atoms with Crippen LogP contribution in [-0.4, -0.2) is 11.8 Å². The number of hydrogen-bond acceptors (Lipinski definition) is 4. The van der Waals surface area contributed by atoms with Gasteiger partial charge in [0.25, 0.3) is 11.8 Å². The first kappa shape index (κ1) is 20.0. The lowest BCUT2D eigenvalue weighted by Crippen LogP contribution is -2.21. The maximum Gasteiger partial charge on any atom is 0.261 e. The van der Waals surface area contributed by atoms with Crippen molar-refractivity contribution in [3.8, 4) is 0 Å². The third kappa shape index (κ3) is 4.95. The maximum absolute atomic E-state index is 13.1. The fourth-order valence-electron chi connectivity index (χ4n) is 2.32. The molecule has 2 aromatic heterocycles. The van der Waals surface area contributed by atoms with Gasteiger partial charge in [-0.25, -0.2) is 4.39 Å². The molecule has 1 aromatic carbocycles. The van der Waals surface area contributed by atoms with Crippen molar-refractivity contribution in [3.63, 3.8) is 0 Å². The first-order valence-electron chi connectivity index (χ1n) is 7.72. The monoisotopic (exact) mass is 486 g/mol. The van der Waals surface area contributed by atoms with Crippen LogP contribution in [0.15, 0.2) is 40.2 Å². The summed E-state index contributed by atoms with van der Waals surface area (Å²) in [4.78, 5) is 26.3. The van der Waals surface area contributed by atoms with Crippen molar-refractivity contribution >= 4 is 67.0 Å². The molecule has 3 aromatic rings. The van der Waals surface area contributed by atoms with Crippen LogP contribution in [0.1, 0.15) is 30.5 Å². The largest absolute Gasteiger partial charge is 0.346 e. The molecule has 0 saturated heterocycles. The lowest BCUT2D eigenvalue weighted by atomic mass is 10.2. The third-order valence-corrected chi connectivity index (χ3v) is 6.68. The predicted molar refractivity (Wildman–Crippen MR) is 112 cm³/mol. The van der Waals surface area contributed by atoms with E-state index in [1.165, 1.54) is 23.5 Å².